The zero-order valence-electron chi connectivity index (χ0n) is 50.6. The highest BCUT2D eigenvalue weighted by atomic mass is 16.6. The molecule has 6 nitrogen and oxygen atoms in total. The fourth-order valence-electron chi connectivity index (χ4n) is 10.1. The van der Waals surface area contributed by atoms with Gasteiger partial charge in [-0.05, 0) is 57.8 Å². The van der Waals surface area contributed by atoms with Crippen molar-refractivity contribution in [3.05, 3.63) is 36.5 Å². The Kier molecular flexibility index (Phi) is 62.1. The lowest BCUT2D eigenvalue weighted by atomic mass is 10.0. The minimum Gasteiger partial charge on any atom is -0.462 e. The molecule has 0 aromatic rings. The summed E-state index contributed by atoms with van der Waals surface area (Å²) in [6.45, 7) is 6.61. The molecule has 0 fully saturated rings. The molecule has 0 aromatic heterocycles. The average Bonchev–Trinajstić information content (AvgIpc) is 3.41. The molecule has 440 valence electrons. The second-order valence-corrected chi connectivity index (χ2v) is 22.7. The first-order chi connectivity index (χ1) is 37.0. The number of esters is 3. The molecule has 0 N–H and O–H groups in total. The molecule has 0 bridgehead atoms. The first-order valence-corrected chi connectivity index (χ1v) is 33.5. The van der Waals surface area contributed by atoms with E-state index in [0.717, 1.165) is 77.0 Å². The van der Waals surface area contributed by atoms with Gasteiger partial charge in [-0.25, -0.2) is 0 Å². The van der Waals surface area contributed by atoms with Crippen molar-refractivity contribution in [1.82, 2.24) is 0 Å². The molecule has 0 saturated heterocycles. The van der Waals surface area contributed by atoms with E-state index in [0.29, 0.717) is 19.3 Å². The van der Waals surface area contributed by atoms with Gasteiger partial charge in [-0.2, -0.15) is 0 Å². The smallest absolute Gasteiger partial charge is 0.306 e. The number of carbonyl (C=O) groups excluding carboxylic acids is 3. The van der Waals surface area contributed by atoms with Crippen LogP contribution >= 0.6 is 0 Å². The highest BCUT2D eigenvalue weighted by molar-refractivity contribution is 5.71. The maximum Gasteiger partial charge on any atom is 0.306 e. The van der Waals surface area contributed by atoms with Gasteiger partial charge < -0.3 is 14.2 Å². The van der Waals surface area contributed by atoms with Crippen LogP contribution in [0.5, 0.6) is 0 Å². The van der Waals surface area contributed by atoms with E-state index in [1.807, 2.05) is 0 Å². The Morgan fingerprint density at radius 2 is 0.480 bits per heavy atom. The Morgan fingerprint density at radius 3 is 0.747 bits per heavy atom. The summed E-state index contributed by atoms with van der Waals surface area (Å²) in [5, 5.41) is 0. The van der Waals surface area contributed by atoms with Gasteiger partial charge in [0, 0.05) is 19.3 Å². The lowest BCUT2D eigenvalue weighted by Crippen LogP contribution is -2.30. The van der Waals surface area contributed by atoms with Crippen LogP contribution in [-0.2, 0) is 28.6 Å². The van der Waals surface area contributed by atoms with Crippen molar-refractivity contribution in [3.63, 3.8) is 0 Å². The van der Waals surface area contributed by atoms with Crippen molar-refractivity contribution in [2.24, 2.45) is 0 Å². The zero-order valence-corrected chi connectivity index (χ0v) is 50.6. The van der Waals surface area contributed by atoms with Gasteiger partial charge in [-0.3, -0.25) is 14.4 Å². The molecule has 1 atom stereocenters. The third kappa shape index (κ3) is 62.4. The van der Waals surface area contributed by atoms with Crippen LogP contribution in [0.4, 0.5) is 0 Å². The predicted octanol–water partition coefficient (Wildman–Crippen LogP) is 22.8. The van der Waals surface area contributed by atoms with E-state index < -0.39 is 6.10 Å². The van der Waals surface area contributed by atoms with Crippen LogP contribution < -0.4 is 0 Å². The van der Waals surface area contributed by atoms with Crippen molar-refractivity contribution >= 4 is 17.9 Å². The third-order valence-electron chi connectivity index (χ3n) is 15.1. The Hall–Kier alpha value is -2.37. The van der Waals surface area contributed by atoms with E-state index in [-0.39, 0.29) is 31.1 Å². The van der Waals surface area contributed by atoms with E-state index in [2.05, 4.69) is 57.2 Å². The van der Waals surface area contributed by atoms with Crippen molar-refractivity contribution in [2.75, 3.05) is 13.2 Å². The van der Waals surface area contributed by atoms with Crippen LogP contribution in [0, 0.1) is 0 Å². The van der Waals surface area contributed by atoms with Crippen molar-refractivity contribution < 1.29 is 28.6 Å². The third-order valence-corrected chi connectivity index (χ3v) is 15.1. The van der Waals surface area contributed by atoms with Gasteiger partial charge in [-0.1, -0.05) is 327 Å². The fourth-order valence-corrected chi connectivity index (χ4v) is 10.1. The molecule has 0 radical (unpaired) electrons. The summed E-state index contributed by atoms with van der Waals surface area (Å²) < 4.78 is 16.8. The Labute approximate surface area is 467 Å². The summed E-state index contributed by atoms with van der Waals surface area (Å²) in [5.41, 5.74) is 0. The van der Waals surface area contributed by atoms with E-state index >= 15 is 0 Å². The van der Waals surface area contributed by atoms with Gasteiger partial charge in [0.15, 0.2) is 6.10 Å². The summed E-state index contributed by atoms with van der Waals surface area (Å²) in [5.74, 6) is -0.876. The molecule has 0 spiro atoms. The van der Waals surface area contributed by atoms with Gasteiger partial charge in [0.2, 0.25) is 0 Å². The van der Waals surface area contributed by atoms with Crippen LogP contribution in [0.15, 0.2) is 36.5 Å². The second-order valence-electron chi connectivity index (χ2n) is 22.7. The van der Waals surface area contributed by atoms with Crippen molar-refractivity contribution in [1.29, 1.82) is 0 Å². The van der Waals surface area contributed by atoms with Crippen LogP contribution in [0.25, 0.3) is 0 Å². The quantitative estimate of drug-likeness (QED) is 0.0261. The van der Waals surface area contributed by atoms with E-state index in [1.165, 1.54) is 250 Å². The summed E-state index contributed by atoms with van der Waals surface area (Å²) >= 11 is 0. The van der Waals surface area contributed by atoms with E-state index in [1.54, 1.807) is 0 Å². The number of carbonyl (C=O) groups is 3. The number of rotatable bonds is 62. The minimum absolute atomic E-state index is 0.0736. The number of ether oxygens (including phenoxy) is 3. The van der Waals surface area contributed by atoms with Gasteiger partial charge in [-0.15, -0.1) is 0 Å². The first-order valence-electron chi connectivity index (χ1n) is 33.5. The summed E-state index contributed by atoms with van der Waals surface area (Å²) in [7, 11) is 0. The Balaban J connectivity index is 4.00. The summed E-state index contributed by atoms with van der Waals surface area (Å²) in [6, 6.07) is 0. The topological polar surface area (TPSA) is 78.9 Å². The number of hydrogen-bond acceptors (Lipinski definition) is 6. The van der Waals surface area contributed by atoms with Gasteiger partial charge in [0.25, 0.3) is 0 Å². The van der Waals surface area contributed by atoms with Gasteiger partial charge in [0.05, 0.1) is 0 Å². The number of unbranched alkanes of at least 4 members (excludes halogenated alkanes) is 45. The van der Waals surface area contributed by atoms with E-state index in [9.17, 15) is 14.4 Å². The monoisotopic (exact) mass is 1050 g/mol. The first kappa shape index (κ1) is 72.6. The molecule has 0 aromatic carbocycles. The van der Waals surface area contributed by atoms with Gasteiger partial charge in [0.1, 0.15) is 13.2 Å². The molecule has 75 heavy (non-hydrogen) atoms. The lowest BCUT2D eigenvalue weighted by Gasteiger charge is -2.18. The molecule has 0 aliphatic rings. The summed E-state index contributed by atoms with van der Waals surface area (Å²) in [6.07, 6.45) is 79.3. The van der Waals surface area contributed by atoms with Crippen LogP contribution in [0.1, 0.15) is 367 Å². The molecule has 0 saturated carbocycles. The van der Waals surface area contributed by atoms with Crippen LogP contribution in [0.3, 0.4) is 0 Å². The van der Waals surface area contributed by atoms with Gasteiger partial charge >= 0.3 is 17.9 Å². The standard InChI is InChI=1S/C69H128O6/c1-4-7-10-13-16-18-20-22-24-26-28-30-31-32-33-34-35-36-37-38-40-41-43-45-47-49-51-53-56-59-62-68(71)74-65-66(64-73-67(70)61-58-55-15-12-9-6-3)75-69(72)63-60-57-54-52-50-48-46-44-42-39-29-27-25-23-21-19-17-14-11-8-5-2/h21,23,27,29,42,44,66H,4-20,22,24-26,28,30-41,43,45-65H2,1-3H3/b23-21-,29-27-,44-42-. The van der Waals surface area contributed by atoms with Crippen molar-refractivity contribution in [2.45, 2.75) is 374 Å². The zero-order chi connectivity index (χ0) is 54.3. The molecule has 0 aliphatic carbocycles. The molecule has 0 aliphatic heterocycles. The molecule has 0 rings (SSSR count). The molecular weight excluding hydrogens is 925 g/mol. The van der Waals surface area contributed by atoms with E-state index in [4.69, 9.17) is 14.2 Å². The molecule has 0 amide bonds. The Morgan fingerprint density at radius 1 is 0.267 bits per heavy atom. The highest BCUT2D eigenvalue weighted by Crippen LogP contribution is 2.18. The maximum atomic E-state index is 12.8. The molecule has 6 heteroatoms. The molecule has 1 unspecified atom stereocenters. The van der Waals surface area contributed by atoms with Crippen molar-refractivity contribution in [3.8, 4) is 0 Å². The molecular formula is C69H128O6. The largest absolute Gasteiger partial charge is 0.462 e. The second kappa shape index (κ2) is 64.2. The Bertz CT molecular complexity index is 1250. The number of hydrogen-bond donors (Lipinski definition) is 0. The highest BCUT2D eigenvalue weighted by Gasteiger charge is 2.19. The summed E-state index contributed by atoms with van der Waals surface area (Å²) in [4.78, 5) is 38.0. The lowest BCUT2D eigenvalue weighted by molar-refractivity contribution is -0.167. The molecule has 0 heterocycles. The SMILES string of the molecule is CCCCCCC/C=C\C/C=C\C/C=C\CCCCCCCCC(=O)OC(COC(=O)CCCCCCCC)COC(=O)CCCCCCCCCCCCCCCCCCCCCCCCCCCCCCCC. The fraction of sp³-hybridized carbons (Fsp3) is 0.870. The number of allylic oxidation sites excluding steroid dienone is 6. The minimum atomic E-state index is -0.774. The maximum absolute atomic E-state index is 12.8. The normalized spacial score (nSPS) is 12.2. The predicted molar refractivity (Wildman–Crippen MR) is 326 cm³/mol. The van der Waals surface area contributed by atoms with Crippen LogP contribution in [0.2, 0.25) is 0 Å². The van der Waals surface area contributed by atoms with Crippen LogP contribution in [-0.4, -0.2) is 37.2 Å². The average molecular weight is 1050 g/mol.